The molecule has 0 spiro atoms. The van der Waals surface area contributed by atoms with E-state index in [4.69, 9.17) is 0 Å². The topological polar surface area (TPSA) is 58.2 Å². The standard InChI is InChI=1S/C11H13BrF2N2O2S.ClH/c12-8-5-11(10(14)6-9(8)13)19(17,18)16-7-1-3-15-4-2-7;/h5-7,15-16H,1-4H2;1H. The maximum absolute atomic E-state index is 13.6. The summed E-state index contributed by atoms with van der Waals surface area (Å²) in [5.41, 5.74) is 0. The van der Waals surface area contributed by atoms with Gasteiger partial charge in [-0.05, 0) is 47.9 Å². The molecule has 1 aliphatic rings. The summed E-state index contributed by atoms with van der Waals surface area (Å²) in [4.78, 5) is -0.542. The van der Waals surface area contributed by atoms with Gasteiger partial charge >= 0.3 is 0 Å². The van der Waals surface area contributed by atoms with Crippen LogP contribution < -0.4 is 10.0 Å². The third kappa shape index (κ3) is 4.11. The van der Waals surface area contributed by atoms with Gasteiger partial charge in [0.2, 0.25) is 10.0 Å². The van der Waals surface area contributed by atoms with Crippen LogP contribution in [0.4, 0.5) is 8.78 Å². The minimum atomic E-state index is -3.98. The van der Waals surface area contributed by atoms with Gasteiger partial charge in [-0.25, -0.2) is 21.9 Å². The second-order valence-electron chi connectivity index (χ2n) is 4.34. The van der Waals surface area contributed by atoms with Crippen molar-refractivity contribution in [2.24, 2.45) is 0 Å². The second kappa shape index (κ2) is 7.13. The Balaban J connectivity index is 0.00000200. The van der Waals surface area contributed by atoms with Crippen LogP contribution >= 0.6 is 28.3 Å². The lowest BCUT2D eigenvalue weighted by Crippen LogP contribution is -2.42. The molecule has 1 aromatic carbocycles. The van der Waals surface area contributed by atoms with Gasteiger partial charge in [0.15, 0.2) is 0 Å². The third-order valence-electron chi connectivity index (χ3n) is 2.93. The molecule has 4 nitrogen and oxygen atoms in total. The zero-order valence-electron chi connectivity index (χ0n) is 10.3. The van der Waals surface area contributed by atoms with E-state index in [-0.39, 0.29) is 22.9 Å². The van der Waals surface area contributed by atoms with E-state index in [0.29, 0.717) is 32.0 Å². The molecule has 2 rings (SSSR count). The van der Waals surface area contributed by atoms with E-state index < -0.39 is 26.6 Å². The van der Waals surface area contributed by atoms with Crippen molar-refractivity contribution in [2.75, 3.05) is 13.1 Å². The van der Waals surface area contributed by atoms with Crippen LogP contribution in [0.1, 0.15) is 12.8 Å². The molecule has 0 radical (unpaired) electrons. The van der Waals surface area contributed by atoms with Crippen LogP contribution in [0, 0.1) is 11.6 Å². The maximum atomic E-state index is 13.6. The fraction of sp³-hybridized carbons (Fsp3) is 0.455. The Kier molecular flexibility index (Phi) is 6.33. The summed E-state index contributed by atoms with van der Waals surface area (Å²) < 4.78 is 53.2. The van der Waals surface area contributed by atoms with E-state index in [9.17, 15) is 17.2 Å². The minimum absolute atomic E-state index is 0. The summed E-state index contributed by atoms with van der Waals surface area (Å²) in [7, 11) is -3.98. The van der Waals surface area contributed by atoms with Crippen molar-refractivity contribution in [2.45, 2.75) is 23.8 Å². The summed E-state index contributed by atoms with van der Waals surface area (Å²) in [6, 6.07) is 1.27. The smallest absolute Gasteiger partial charge is 0.243 e. The Morgan fingerprint density at radius 2 is 1.80 bits per heavy atom. The molecule has 0 unspecified atom stereocenters. The van der Waals surface area contributed by atoms with Crippen molar-refractivity contribution >= 4 is 38.4 Å². The molecule has 2 N–H and O–H groups in total. The zero-order chi connectivity index (χ0) is 14.0. The molecule has 1 fully saturated rings. The summed E-state index contributed by atoms with van der Waals surface area (Å²) in [6.45, 7) is 1.42. The number of nitrogens with one attached hydrogen (secondary N) is 2. The number of piperidine rings is 1. The summed E-state index contributed by atoms with van der Waals surface area (Å²) in [6.07, 6.45) is 1.28. The number of hydrogen-bond acceptors (Lipinski definition) is 3. The van der Waals surface area contributed by atoms with Crippen LogP contribution in [0.15, 0.2) is 21.5 Å². The molecule has 0 aliphatic carbocycles. The highest BCUT2D eigenvalue weighted by atomic mass is 79.9. The Hall–Kier alpha value is -0.280. The monoisotopic (exact) mass is 390 g/mol. The third-order valence-corrected chi connectivity index (χ3v) is 5.07. The van der Waals surface area contributed by atoms with E-state index in [1.807, 2.05) is 0 Å². The quantitative estimate of drug-likeness (QED) is 0.777. The van der Waals surface area contributed by atoms with Crippen molar-refractivity contribution in [3.05, 3.63) is 28.2 Å². The molecule has 1 aliphatic heterocycles. The molecular formula is C11H14BrClF2N2O2S. The molecule has 0 amide bonds. The molecule has 9 heteroatoms. The average molecular weight is 392 g/mol. The molecule has 114 valence electrons. The minimum Gasteiger partial charge on any atom is -0.317 e. The summed E-state index contributed by atoms with van der Waals surface area (Å²) in [5.74, 6) is -1.93. The van der Waals surface area contributed by atoms with Gasteiger partial charge in [0.05, 0.1) is 4.47 Å². The highest BCUT2D eigenvalue weighted by Crippen LogP contribution is 2.24. The average Bonchev–Trinajstić information content (AvgIpc) is 2.34. The zero-order valence-corrected chi connectivity index (χ0v) is 13.5. The fourth-order valence-corrected chi connectivity index (χ4v) is 3.82. The Morgan fingerprint density at radius 3 is 2.40 bits per heavy atom. The van der Waals surface area contributed by atoms with Gasteiger partial charge in [0.25, 0.3) is 0 Å². The SMILES string of the molecule is Cl.O=S(=O)(NC1CCNCC1)c1cc(Br)c(F)cc1F. The van der Waals surface area contributed by atoms with Crippen LogP contribution in [0.25, 0.3) is 0 Å². The molecule has 1 aromatic rings. The lowest BCUT2D eigenvalue weighted by atomic mass is 10.1. The number of benzene rings is 1. The first-order chi connectivity index (χ1) is 8.90. The highest BCUT2D eigenvalue weighted by Gasteiger charge is 2.25. The van der Waals surface area contributed by atoms with E-state index >= 15 is 0 Å². The van der Waals surface area contributed by atoms with Crippen molar-refractivity contribution in [3.8, 4) is 0 Å². The van der Waals surface area contributed by atoms with Crippen molar-refractivity contribution in [1.82, 2.24) is 10.0 Å². The molecule has 20 heavy (non-hydrogen) atoms. The van der Waals surface area contributed by atoms with E-state index in [0.717, 1.165) is 6.07 Å². The molecule has 0 atom stereocenters. The molecular weight excluding hydrogens is 378 g/mol. The van der Waals surface area contributed by atoms with Crippen LogP contribution in [-0.2, 0) is 10.0 Å². The highest BCUT2D eigenvalue weighted by molar-refractivity contribution is 9.10. The van der Waals surface area contributed by atoms with Crippen molar-refractivity contribution in [3.63, 3.8) is 0 Å². The molecule has 0 saturated carbocycles. The van der Waals surface area contributed by atoms with Crippen LogP contribution in [0.3, 0.4) is 0 Å². The first kappa shape index (κ1) is 17.8. The Bertz CT molecular complexity index is 580. The molecule has 0 bridgehead atoms. The predicted octanol–water partition coefficient (Wildman–Crippen LogP) is 2.18. The summed E-state index contributed by atoms with van der Waals surface area (Å²) in [5, 5.41) is 3.10. The molecule has 0 aromatic heterocycles. The lowest BCUT2D eigenvalue weighted by Gasteiger charge is -2.23. The second-order valence-corrected chi connectivity index (χ2v) is 6.88. The number of halogens is 4. The number of hydrogen-bond donors (Lipinski definition) is 2. The summed E-state index contributed by atoms with van der Waals surface area (Å²) >= 11 is 2.85. The van der Waals surface area contributed by atoms with Crippen LogP contribution in [0.2, 0.25) is 0 Å². The van der Waals surface area contributed by atoms with Crippen molar-refractivity contribution < 1.29 is 17.2 Å². The van der Waals surface area contributed by atoms with Gasteiger partial charge in [-0.3, -0.25) is 0 Å². The van der Waals surface area contributed by atoms with Gasteiger partial charge in [-0.1, -0.05) is 0 Å². The lowest BCUT2D eigenvalue weighted by molar-refractivity contribution is 0.425. The van der Waals surface area contributed by atoms with E-state index in [1.165, 1.54) is 0 Å². The van der Waals surface area contributed by atoms with Gasteiger partial charge in [0, 0.05) is 12.1 Å². The molecule has 1 heterocycles. The van der Waals surface area contributed by atoms with E-state index in [2.05, 4.69) is 26.0 Å². The fourth-order valence-electron chi connectivity index (χ4n) is 1.93. The van der Waals surface area contributed by atoms with Crippen LogP contribution in [0.5, 0.6) is 0 Å². The maximum Gasteiger partial charge on any atom is 0.243 e. The number of rotatable bonds is 3. The number of sulfonamides is 1. The molecule has 1 saturated heterocycles. The normalized spacial score (nSPS) is 16.8. The first-order valence-electron chi connectivity index (χ1n) is 5.78. The first-order valence-corrected chi connectivity index (χ1v) is 8.05. The van der Waals surface area contributed by atoms with Gasteiger partial charge in [-0.15, -0.1) is 12.4 Å². The van der Waals surface area contributed by atoms with Crippen LogP contribution in [-0.4, -0.2) is 27.5 Å². The largest absolute Gasteiger partial charge is 0.317 e. The Labute approximate surface area is 130 Å². The van der Waals surface area contributed by atoms with E-state index in [1.54, 1.807) is 0 Å². The van der Waals surface area contributed by atoms with Gasteiger partial charge in [0.1, 0.15) is 16.5 Å². The van der Waals surface area contributed by atoms with Gasteiger partial charge < -0.3 is 5.32 Å². The Morgan fingerprint density at radius 1 is 1.20 bits per heavy atom. The predicted molar refractivity (Wildman–Crippen MR) is 77.5 cm³/mol. The van der Waals surface area contributed by atoms with Crippen molar-refractivity contribution in [1.29, 1.82) is 0 Å². The van der Waals surface area contributed by atoms with Gasteiger partial charge in [-0.2, -0.15) is 0 Å².